The predicted octanol–water partition coefficient (Wildman–Crippen LogP) is 1.85. The van der Waals surface area contributed by atoms with Crippen molar-refractivity contribution in [3.05, 3.63) is 22.7 Å². The summed E-state index contributed by atoms with van der Waals surface area (Å²) in [5, 5.41) is 7.41. The van der Waals surface area contributed by atoms with E-state index in [0.29, 0.717) is 6.20 Å². The van der Waals surface area contributed by atoms with Gasteiger partial charge in [0.05, 0.1) is 0 Å². The van der Waals surface area contributed by atoms with Gasteiger partial charge in [-0.1, -0.05) is 11.6 Å². The standard InChI is InChI=1S/C6H2ClF3N2O2/c7-3-2(6(8,9)10)1-11-4(12-3)5(13)14/h1H,(H,13,14). The summed E-state index contributed by atoms with van der Waals surface area (Å²) in [6.07, 6.45) is -4.35. The fraction of sp³-hybridized carbons (Fsp3) is 0.167. The molecule has 0 fully saturated rings. The minimum Gasteiger partial charge on any atom is -0.475 e. The maximum Gasteiger partial charge on any atom is 0.420 e. The lowest BCUT2D eigenvalue weighted by Gasteiger charge is -2.06. The molecule has 0 bridgehead atoms. The maximum absolute atomic E-state index is 12.1. The minimum absolute atomic E-state index is 0.332. The summed E-state index contributed by atoms with van der Waals surface area (Å²) in [5.41, 5.74) is -1.26. The van der Waals surface area contributed by atoms with E-state index in [9.17, 15) is 18.0 Å². The molecule has 0 aliphatic heterocycles. The molecule has 4 nitrogen and oxygen atoms in total. The Morgan fingerprint density at radius 3 is 2.43 bits per heavy atom. The van der Waals surface area contributed by atoms with E-state index in [1.54, 1.807) is 0 Å². The Morgan fingerprint density at radius 2 is 2.07 bits per heavy atom. The number of alkyl halides is 3. The molecule has 0 amide bonds. The third-order valence-electron chi connectivity index (χ3n) is 1.24. The number of nitrogens with zero attached hydrogens (tertiary/aromatic N) is 2. The third kappa shape index (κ3) is 2.11. The Bertz CT molecular complexity index is 380. The second-order valence-corrected chi connectivity index (χ2v) is 2.56. The normalized spacial score (nSPS) is 11.4. The smallest absolute Gasteiger partial charge is 0.420 e. The van der Waals surface area contributed by atoms with Gasteiger partial charge in [0.1, 0.15) is 10.7 Å². The van der Waals surface area contributed by atoms with Gasteiger partial charge in [-0.3, -0.25) is 0 Å². The zero-order valence-corrected chi connectivity index (χ0v) is 7.10. The average molecular weight is 227 g/mol. The number of carboxylic acids is 1. The van der Waals surface area contributed by atoms with E-state index in [-0.39, 0.29) is 0 Å². The van der Waals surface area contributed by atoms with Crippen LogP contribution in [0.4, 0.5) is 13.2 Å². The van der Waals surface area contributed by atoms with Crippen LogP contribution in [0.3, 0.4) is 0 Å². The zero-order valence-electron chi connectivity index (χ0n) is 6.34. The van der Waals surface area contributed by atoms with Crippen molar-refractivity contribution in [1.29, 1.82) is 0 Å². The number of aromatic carboxylic acids is 1. The SMILES string of the molecule is O=C(O)c1ncc(C(F)(F)F)c(Cl)n1. The predicted molar refractivity (Wildman–Crippen MR) is 39.0 cm³/mol. The molecule has 0 spiro atoms. The summed E-state index contributed by atoms with van der Waals surface area (Å²) < 4.78 is 36.2. The Hall–Kier alpha value is -1.37. The molecule has 0 atom stereocenters. The molecular weight excluding hydrogens is 225 g/mol. The summed E-state index contributed by atoms with van der Waals surface area (Å²) in [6, 6.07) is 0. The number of carboxylic acid groups (broad SMARTS) is 1. The molecule has 1 N–H and O–H groups in total. The highest BCUT2D eigenvalue weighted by Gasteiger charge is 2.35. The highest BCUT2D eigenvalue weighted by Crippen LogP contribution is 2.32. The van der Waals surface area contributed by atoms with Crippen molar-refractivity contribution in [2.45, 2.75) is 6.18 Å². The summed E-state index contributed by atoms with van der Waals surface area (Å²) in [6.45, 7) is 0. The average Bonchev–Trinajstić information content (AvgIpc) is 2.01. The number of carbonyl (C=O) groups is 1. The fourth-order valence-corrected chi connectivity index (χ4v) is 0.890. The van der Waals surface area contributed by atoms with Gasteiger partial charge < -0.3 is 5.11 Å². The first-order valence-corrected chi connectivity index (χ1v) is 3.53. The van der Waals surface area contributed by atoms with E-state index in [2.05, 4.69) is 9.97 Å². The van der Waals surface area contributed by atoms with Crippen LogP contribution in [-0.2, 0) is 6.18 Å². The maximum atomic E-state index is 12.1. The molecule has 76 valence electrons. The van der Waals surface area contributed by atoms with Gasteiger partial charge in [-0.15, -0.1) is 0 Å². The molecule has 1 rings (SSSR count). The van der Waals surface area contributed by atoms with Gasteiger partial charge >= 0.3 is 12.1 Å². The number of rotatable bonds is 1. The van der Waals surface area contributed by atoms with Crippen LogP contribution in [0.1, 0.15) is 16.2 Å². The van der Waals surface area contributed by atoms with Crippen LogP contribution >= 0.6 is 11.6 Å². The molecule has 1 aromatic rings. The summed E-state index contributed by atoms with van der Waals surface area (Å²) >= 11 is 5.12. The lowest BCUT2D eigenvalue weighted by molar-refractivity contribution is -0.138. The molecule has 1 heterocycles. The van der Waals surface area contributed by atoms with Crippen LogP contribution in [0, 0.1) is 0 Å². The zero-order chi connectivity index (χ0) is 10.9. The molecule has 0 radical (unpaired) electrons. The topological polar surface area (TPSA) is 63.1 Å². The number of halogens is 4. The summed E-state index contributed by atoms with van der Waals surface area (Å²) in [7, 11) is 0. The van der Waals surface area contributed by atoms with Crippen LogP contribution in [0.25, 0.3) is 0 Å². The number of hydrogen-bond donors (Lipinski definition) is 1. The Balaban J connectivity index is 3.21. The first-order chi connectivity index (χ1) is 6.32. The van der Waals surface area contributed by atoms with Gasteiger partial charge in [-0.05, 0) is 0 Å². The first-order valence-electron chi connectivity index (χ1n) is 3.15. The molecule has 0 aliphatic rings. The van der Waals surface area contributed by atoms with Gasteiger partial charge in [-0.2, -0.15) is 13.2 Å². The minimum atomic E-state index is -4.69. The van der Waals surface area contributed by atoms with Gasteiger partial charge in [0.2, 0.25) is 5.82 Å². The van der Waals surface area contributed by atoms with Crippen molar-refractivity contribution in [2.75, 3.05) is 0 Å². The molecule has 0 aliphatic carbocycles. The van der Waals surface area contributed by atoms with E-state index < -0.39 is 28.7 Å². The second kappa shape index (κ2) is 3.41. The van der Waals surface area contributed by atoms with Crippen LogP contribution in [0.2, 0.25) is 5.15 Å². The van der Waals surface area contributed by atoms with E-state index >= 15 is 0 Å². The monoisotopic (exact) mass is 226 g/mol. The van der Waals surface area contributed by atoms with Gasteiger partial charge in [0.25, 0.3) is 0 Å². The third-order valence-corrected chi connectivity index (χ3v) is 1.53. The van der Waals surface area contributed by atoms with Gasteiger partial charge in [0.15, 0.2) is 0 Å². The molecule has 1 aromatic heterocycles. The lowest BCUT2D eigenvalue weighted by atomic mass is 10.3. The molecule has 0 saturated heterocycles. The summed E-state index contributed by atoms with van der Waals surface area (Å²) in [4.78, 5) is 16.2. The number of aromatic nitrogens is 2. The quantitative estimate of drug-likeness (QED) is 0.742. The summed E-state index contributed by atoms with van der Waals surface area (Å²) in [5.74, 6) is -2.32. The van der Waals surface area contributed by atoms with E-state index in [1.807, 2.05) is 0 Å². The van der Waals surface area contributed by atoms with E-state index in [4.69, 9.17) is 16.7 Å². The van der Waals surface area contributed by atoms with Gasteiger partial charge in [-0.25, -0.2) is 14.8 Å². The molecular formula is C6H2ClF3N2O2. The fourth-order valence-electron chi connectivity index (χ4n) is 0.654. The lowest BCUT2D eigenvalue weighted by Crippen LogP contribution is -2.11. The van der Waals surface area contributed by atoms with Crippen LogP contribution in [-0.4, -0.2) is 21.0 Å². The van der Waals surface area contributed by atoms with Crippen LogP contribution in [0.5, 0.6) is 0 Å². The molecule has 0 aromatic carbocycles. The highest BCUT2D eigenvalue weighted by molar-refractivity contribution is 6.30. The van der Waals surface area contributed by atoms with Crippen LogP contribution < -0.4 is 0 Å². The van der Waals surface area contributed by atoms with Crippen molar-refractivity contribution in [2.24, 2.45) is 0 Å². The Morgan fingerprint density at radius 1 is 1.50 bits per heavy atom. The largest absolute Gasteiger partial charge is 0.475 e. The molecule has 14 heavy (non-hydrogen) atoms. The highest BCUT2D eigenvalue weighted by atomic mass is 35.5. The first kappa shape index (κ1) is 10.7. The van der Waals surface area contributed by atoms with Crippen molar-refractivity contribution < 1.29 is 23.1 Å². The van der Waals surface area contributed by atoms with Crippen LogP contribution in [0.15, 0.2) is 6.20 Å². The van der Waals surface area contributed by atoms with Crippen molar-refractivity contribution in [1.82, 2.24) is 9.97 Å². The van der Waals surface area contributed by atoms with E-state index in [1.165, 1.54) is 0 Å². The molecule has 8 heteroatoms. The van der Waals surface area contributed by atoms with Crippen molar-refractivity contribution >= 4 is 17.6 Å². The molecule has 0 unspecified atom stereocenters. The van der Waals surface area contributed by atoms with Gasteiger partial charge in [0, 0.05) is 6.20 Å². The second-order valence-electron chi connectivity index (χ2n) is 2.20. The van der Waals surface area contributed by atoms with E-state index in [0.717, 1.165) is 0 Å². The number of hydrogen-bond acceptors (Lipinski definition) is 3. The molecule has 0 saturated carbocycles. The Kier molecular flexibility index (Phi) is 2.61. The Labute approximate surface area is 80.4 Å². The van der Waals surface area contributed by atoms with Crippen molar-refractivity contribution in [3.63, 3.8) is 0 Å². The van der Waals surface area contributed by atoms with Crippen molar-refractivity contribution in [3.8, 4) is 0 Å².